The third-order valence-corrected chi connectivity index (χ3v) is 3.55. The average molecular weight is 256 g/mol. The van der Waals surface area contributed by atoms with Gasteiger partial charge >= 0.3 is 0 Å². The Balaban J connectivity index is 2.51. The second-order valence-corrected chi connectivity index (χ2v) is 4.96. The summed E-state index contributed by atoms with van der Waals surface area (Å²) in [7, 11) is 0. The van der Waals surface area contributed by atoms with Crippen molar-refractivity contribution in [3.05, 3.63) is 5.01 Å². The number of hydrogen-bond acceptors (Lipinski definition) is 5. The van der Waals surface area contributed by atoms with Crippen LogP contribution in [-0.2, 0) is 11.2 Å². The molecule has 0 aliphatic rings. The highest BCUT2D eigenvalue weighted by Crippen LogP contribution is 2.18. The molecule has 1 heterocycles. The summed E-state index contributed by atoms with van der Waals surface area (Å²) in [6, 6.07) is 0. The van der Waals surface area contributed by atoms with Crippen molar-refractivity contribution in [3.63, 3.8) is 0 Å². The van der Waals surface area contributed by atoms with E-state index in [1.807, 2.05) is 13.8 Å². The van der Waals surface area contributed by atoms with E-state index in [1.165, 1.54) is 11.3 Å². The second-order valence-electron chi connectivity index (χ2n) is 3.90. The van der Waals surface area contributed by atoms with Crippen molar-refractivity contribution in [3.8, 4) is 0 Å². The first-order chi connectivity index (χ1) is 8.21. The van der Waals surface area contributed by atoms with E-state index in [2.05, 4.69) is 15.5 Å². The molecule has 17 heavy (non-hydrogen) atoms. The SMILES string of the molecule is CCC(CC)C(=O)Nc1nnc(CCCN)s1. The number of rotatable bonds is 7. The van der Waals surface area contributed by atoms with Gasteiger partial charge in [-0.3, -0.25) is 4.79 Å². The maximum absolute atomic E-state index is 11.8. The Hall–Kier alpha value is -1.01. The molecule has 0 radical (unpaired) electrons. The minimum absolute atomic E-state index is 0.0384. The molecule has 0 bridgehead atoms. The highest BCUT2D eigenvalue weighted by molar-refractivity contribution is 7.15. The van der Waals surface area contributed by atoms with E-state index in [4.69, 9.17) is 5.73 Å². The molecule has 5 nitrogen and oxygen atoms in total. The van der Waals surface area contributed by atoms with Crippen LogP contribution in [0, 0.1) is 5.92 Å². The third kappa shape index (κ3) is 4.40. The van der Waals surface area contributed by atoms with Crippen LogP contribution in [0.15, 0.2) is 0 Å². The van der Waals surface area contributed by atoms with E-state index in [0.29, 0.717) is 11.7 Å². The van der Waals surface area contributed by atoms with Gasteiger partial charge in [-0.05, 0) is 25.8 Å². The van der Waals surface area contributed by atoms with Crippen LogP contribution < -0.4 is 11.1 Å². The molecule has 6 heteroatoms. The zero-order valence-corrected chi connectivity index (χ0v) is 11.2. The first kappa shape index (κ1) is 14.1. The van der Waals surface area contributed by atoms with Crippen molar-refractivity contribution in [2.75, 3.05) is 11.9 Å². The molecule has 1 amide bonds. The zero-order chi connectivity index (χ0) is 12.7. The summed E-state index contributed by atoms with van der Waals surface area (Å²) in [5.74, 6) is 0.0999. The van der Waals surface area contributed by atoms with Crippen LogP contribution in [-0.4, -0.2) is 22.6 Å². The topological polar surface area (TPSA) is 80.9 Å². The minimum atomic E-state index is 0.0384. The summed E-state index contributed by atoms with van der Waals surface area (Å²) < 4.78 is 0. The molecule has 96 valence electrons. The molecule has 0 saturated heterocycles. The molecule has 0 spiro atoms. The van der Waals surface area contributed by atoms with Crippen LogP contribution in [0.1, 0.15) is 38.1 Å². The summed E-state index contributed by atoms with van der Waals surface area (Å²) in [6.07, 6.45) is 3.42. The number of amides is 1. The standard InChI is InChI=1S/C11H20N4OS/c1-3-8(4-2)10(16)13-11-15-14-9(17-11)6-5-7-12/h8H,3-7,12H2,1-2H3,(H,13,15,16). The molecule has 1 rings (SSSR count). The van der Waals surface area contributed by atoms with Crippen LogP contribution in [0.3, 0.4) is 0 Å². The number of aryl methyl sites for hydroxylation is 1. The summed E-state index contributed by atoms with van der Waals surface area (Å²) in [4.78, 5) is 11.8. The molecule has 0 aromatic carbocycles. The molecular formula is C11H20N4OS. The number of nitrogens with two attached hydrogens (primary N) is 1. The van der Waals surface area contributed by atoms with Gasteiger partial charge in [-0.2, -0.15) is 0 Å². The number of anilines is 1. The lowest BCUT2D eigenvalue weighted by Crippen LogP contribution is -2.21. The van der Waals surface area contributed by atoms with Crippen molar-refractivity contribution in [2.45, 2.75) is 39.5 Å². The number of nitrogens with one attached hydrogen (secondary N) is 1. The van der Waals surface area contributed by atoms with Gasteiger partial charge in [-0.25, -0.2) is 0 Å². The van der Waals surface area contributed by atoms with Crippen LogP contribution in [0.2, 0.25) is 0 Å². The van der Waals surface area contributed by atoms with Crippen molar-refractivity contribution in [1.29, 1.82) is 0 Å². The van der Waals surface area contributed by atoms with E-state index in [1.54, 1.807) is 0 Å². The van der Waals surface area contributed by atoms with E-state index in [0.717, 1.165) is 30.7 Å². The summed E-state index contributed by atoms with van der Waals surface area (Å²) >= 11 is 1.43. The smallest absolute Gasteiger partial charge is 0.229 e. The Morgan fingerprint density at radius 2 is 2.12 bits per heavy atom. The Labute approximate surface area is 106 Å². The number of carbonyl (C=O) groups is 1. The molecule has 0 aliphatic carbocycles. The maximum atomic E-state index is 11.8. The van der Waals surface area contributed by atoms with Crippen molar-refractivity contribution in [1.82, 2.24) is 10.2 Å². The van der Waals surface area contributed by atoms with E-state index >= 15 is 0 Å². The first-order valence-electron chi connectivity index (χ1n) is 6.04. The van der Waals surface area contributed by atoms with E-state index in [-0.39, 0.29) is 11.8 Å². The van der Waals surface area contributed by atoms with Gasteiger partial charge in [-0.1, -0.05) is 25.2 Å². The lowest BCUT2D eigenvalue weighted by molar-refractivity contribution is -0.120. The normalized spacial score (nSPS) is 10.8. The first-order valence-corrected chi connectivity index (χ1v) is 6.86. The van der Waals surface area contributed by atoms with Gasteiger partial charge in [0.05, 0.1) is 0 Å². The molecule has 0 aliphatic heterocycles. The maximum Gasteiger partial charge on any atom is 0.229 e. The Morgan fingerprint density at radius 1 is 1.41 bits per heavy atom. The van der Waals surface area contributed by atoms with Crippen LogP contribution in [0.25, 0.3) is 0 Å². The largest absolute Gasteiger partial charge is 0.330 e. The zero-order valence-electron chi connectivity index (χ0n) is 10.4. The monoisotopic (exact) mass is 256 g/mol. The number of carbonyl (C=O) groups excluding carboxylic acids is 1. The molecule has 0 saturated carbocycles. The summed E-state index contributed by atoms with van der Waals surface area (Å²) in [5.41, 5.74) is 5.43. The summed E-state index contributed by atoms with van der Waals surface area (Å²) in [5, 5.41) is 12.3. The van der Waals surface area contributed by atoms with Crippen molar-refractivity contribution >= 4 is 22.4 Å². The van der Waals surface area contributed by atoms with Crippen LogP contribution in [0.5, 0.6) is 0 Å². The van der Waals surface area contributed by atoms with Gasteiger partial charge in [0.1, 0.15) is 5.01 Å². The predicted octanol–water partition coefficient (Wildman–Crippen LogP) is 1.80. The molecule has 3 N–H and O–H groups in total. The van der Waals surface area contributed by atoms with Gasteiger partial charge in [0.2, 0.25) is 11.0 Å². The summed E-state index contributed by atoms with van der Waals surface area (Å²) in [6.45, 7) is 4.68. The number of nitrogens with zero attached hydrogens (tertiary/aromatic N) is 2. The number of aromatic nitrogens is 2. The fourth-order valence-corrected chi connectivity index (χ4v) is 2.31. The van der Waals surface area contributed by atoms with Gasteiger partial charge in [0.15, 0.2) is 0 Å². The molecule has 0 fully saturated rings. The molecular weight excluding hydrogens is 236 g/mol. The fourth-order valence-electron chi connectivity index (χ4n) is 1.53. The third-order valence-electron chi connectivity index (χ3n) is 2.65. The Kier molecular flexibility index (Phi) is 6.07. The van der Waals surface area contributed by atoms with E-state index in [9.17, 15) is 4.79 Å². The molecule has 0 unspecified atom stereocenters. The Morgan fingerprint density at radius 3 is 2.71 bits per heavy atom. The molecule has 1 aromatic rings. The van der Waals surface area contributed by atoms with Crippen molar-refractivity contribution in [2.24, 2.45) is 11.7 Å². The van der Waals surface area contributed by atoms with E-state index < -0.39 is 0 Å². The van der Waals surface area contributed by atoms with Gasteiger partial charge in [-0.15, -0.1) is 10.2 Å². The highest BCUT2D eigenvalue weighted by Gasteiger charge is 2.15. The van der Waals surface area contributed by atoms with Gasteiger partial charge in [0, 0.05) is 12.3 Å². The highest BCUT2D eigenvalue weighted by atomic mass is 32.1. The van der Waals surface area contributed by atoms with Gasteiger partial charge in [0.25, 0.3) is 0 Å². The quantitative estimate of drug-likeness (QED) is 0.779. The lowest BCUT2D eigenvalue weighted by Gasteiger charge is -2.09. The molecule has 0 atom stereocenters. The number of hydrogen-bond donors (Lipinski definition) is 2. The molecule has 1 aromatic heterocycles. The van der Waals surface area contributed by atoms with Crippen LogP contribution in [0.4, 0.5) is 5.13 Å². The fraction of sp³-hybridized carbons (Fsp3) is 0.727. The van der Waals surface area contributed by atoms with Gasteiger partial charge < -0.3 is 11.1 Å². The minimum Gasteiger partial charge on any atom is -0.330 e. The Bertz CT molecular complexity index is 349. The second kappa shape index (κ2) is 7.34. The van der Waals surface area contributed by atoms with Crippen molar-refractivity contribution < 1.29 is 4.79 Å². The van der Waals surface area contributed by atoms with Crippen LogP contribution >= 0.6 is 11.3 Å². The predicted molar refractivity (Wildman–Crippen MR) is 70.0 cm³/mol. The lowest BCUT2D eigenvalue weighted by atomic mass is 10.0. The average Bonchev–Trinajstić information content (AvgIpc) is 2.75.